The molecule has 0 amide bonds. The fourth-order valence-electron chi connectivity index (χ4n) is 1.86. The van der Waals surface area contributed by atoms with Crippen molar-refractivity contribution < 1.29 is 18.3 Å². The lowest BCUT2D eigenvalue weighted by Gasteiger charge is -2.19. The van der Waals surface area contributed by atoms with E-state index in [-0.39, 0.29) is 6.10 Å². The van der Waals surface area contributed by atoms with Crippen LogP contribution in [0.4, 0.5) is 8.78 Å². The quantitative estimate of drug-likeness (QED) is 0.788. The summed E-state index contributed by atoms with van der Waals surface area (Å²) in [4.78, 5) is 0. The number of hydrogen-bond acceptors (Lipinski definition) is 3. The molecule has 1 aliphatic carbocycles. The zero-order chi connectivity index (χ0) is 13.7. The Balaban J connectivity index is 1.99. The smallest absolute Gasteiger partial charge is 0.261 e. The zero-order valence-corrected chi connectivity index (χ0v) is 10.9. The predicted octanol–water partition coefficient (Wildman–Crippen LogP) is 2.77. The number of methoxy groups -OCH3 is 1. The number of hydrogen-bond donors (Lipinski definition) is 1. The Bertz CT molecular complexity index is 391. The maximum absolute atomic E-state index is 12.3. The second-order valence-electron chi connectivity index (χ2n) is 4.67. The van der Waals surface area contributed by atoms with Crippen LogP contribution in [0.25, 0.3) is 0 Å². The van der Waals surface area contributed by atoms with Crippen LogP contribution < -0.4 is 10.1 Å². The van der Waals surface area contributed by atoms with Gasteiger partial charge in [-0.1, -0.05) is 12.1 Å². The molecule has 0 radical (unpaired) electrons. The number of halogens is 2. The lowest BCUT2D eigenvalue weighted by atomic mass is 10.1. The molecule has 0 spiro atoms. The van der Waals surface area contributed by atoms with Gasteiger partial charge in [-0.2, -0.15) is 0 Å². The molecule has 1 aliphatic rings. The van der Waals surface area contributed by atoms with Gasteiger partial charge in [0.15, 0.2) is 0 Å². The molecular weight excluding hydrogens is 252 g/mol. The molecule has 1 unspecified atom stereocenters. The SMILES string of the molecule is COc1cccc(C(CNC2CC2)OCC(F)F)c1. The maximum Gasteiger partial charge on any atom is 0.261 e. The summed E-state index contributed by atoms with van der Waals surface area (Å²) in [7, 11) is 1.58. The van der Waals surface area contributed by atoms with Gasteiger partial charge in [0, 0.05) is 12.6 Å². The monoisotopic (exact) mass is 271 g/mol. The van der Waals surface area contributed by atoms with E-state index < -0.39 is 13.0 Å². The van der Waals surface area contributed by atoms with E-state index in [0.29, 0.717) is 18.3 Å². The van der Waals surface area contributed by atoms with Gasteiger partial charge in [0.25, 0.3) is 6.43 Å². The Morgan fingerprint density at radius 3 is 2.79 bits per heavy atom. The topological polar surface area (TPSA) is 30.5 Å². The van der Waals surface area contributed by atoms with Gasteiger partial charge in [-0.3, -0.25) is 0 Å². The molecule has 1 atom stereocenters. The van der Waals surface area contributed by atoms with E-state index in [1.165, 1.54) is 0 Å². The first kappa shape index (κ1) is 14.2. The highest BCUT2D eigenvalue weighted by Crippen LogP contribution is 2.24. The molecule has 0 aromatic heterocycles. The van der Waals surface area contributed by atoms with Crippen LogP contribution in [-0.4, -0.2) is 32.7 Å². The van der Waals surface area contributed by atoms with Crippen molar-refractivity contribution in [1.82, 2.24) is 5.32 Å². The molecule has 2 rings (SSSR count). The summed E-state index contributed by atoms with van der Waals surface area (Å²) in [5, 5.41) is 3.31. The third-order valence-electron chi connectivity index (χ3n) is 3.06. The van der Waals surface area contributed by atoms with E-state index >= 15 is 0 Å². The van der Waals surface area contributed by atoms with Crippen molar-refractivity contribution in [3.63, 3.8) is 0 Å². The fraction of sp³-hybridized carbons (Fsp3) is 0.571. The highest BCUT2D eigenvalue weighted by Gasteiger charge is 2.23. The third-order valence-corrected chi connectivity index (χ3v) is 3.06. The molecule has 1 aromatic rings. The Hall–Kier alpha value is -1.20. The van der Waals surface area contributed by atoms with E-state index in [4.69, 9.17) is 9.47 Å². The summed E-state index contributed by atoms with van der Waals surface area (Å²) >= 11 is 0. The highest BCUT2D eigenvalue weighted by atomic mass is 19.3. The highest BCUT2D eigenvalue weighted by molar-refractivity contribution is 5.30. The molecule has 19 heavy (non-hydrogen) atoms. The summed E-state index contributed by atoms with van der Waals surface area (Å²) in [6.45, 7) is -0.00121. The molecule has 0 saturated heterocycles. The first-order valence-corrected chi connectivity index (χ1v) is 6.46. The zero-order valence-electron chi connectivity index (χ0n) is 10.9. The Morgan fingerprint density at radius 2 is 2.16 bits per heavy atom. The molecule has 1 aromatic carbocycles. The van der Waals surface area contributed by atoms with E-state index in [1.807, 2.05) is 24.3 Å². The molecule has 0 aliphatic heterocycles. The minimum absolute atomic E-state index is 0.371. The Kier molecular flexibility index (Phi) is 5.10. The first-order valence-electron chi connectivity index (χ1n) is 6.46. The Labute approximate surface area is 111 Å². The van der Waals surface area contributed by atoms with E-state index in [1.54, 1.807) is 7.11 Å². The molecule has 5 heteroatoms. The average molecular weight is 271 g/mol. The fourth-order valence-corrected chi connectivity index (χ4v) is 1.86. The van der Waals surface area contributed by atoms with Crippen molar-refractivity contribution >= 4 is 0 Å². The van der Waals surface area contributed by atoms with Crippen LogP contribution in [0.5, 0.6) is 5.75 Å². The number of alkyl halides is 2. The standard InChI is InChI=1S/C14H19F2NO2/c1-18-12-4-2-3-10(7-12)13(19-9-14(15)16)8-17-11-5-6-11/h2-4,7,11,13-14,17H,5-6,8-9H2,1H3. The summed E-state index contributed by atoms with van der Waals surface area (Å²) < 4.78 is 35.0. The van der Waals surface area contributed by atoms with Gasteiger partial charge >= 0.3 is 0 Å². The normalized spacial score (nSPS) is 16.6. The van der Waals surface area contributed by atoms with Gasteiger partial charge in [0.05, 0.1) is 13.2 Å². The van der Waals surface area contributed by atoms with E-state index in [2.05, 4.69) is 5.32 Å². The van der Waals surface area contributed by atoms with Crippen LogP contribution in [0.2, 0.25) is 0 Å². The minimum atomic E-state index is -2.45. The number of nitrogens with one attached hydrogen (secondary N) is 1. The summed E-state index contributed by atoms with van der Waals surface area (Å²) in [5.41, 5.74) is 0.855. The molecule has 1 saturated carbocycles. The van der Waals surface area contributed by atoms with Crippen LogP contribution in [-0.2, 0) is 4.74 Å². The number of benzene rings is 1. The van der Waals surface area contributed by atoms with Crippen molar-refractivity contribution in [2.75, 3.05) is 20.3 Å². The van der Waals surface area contributed by atoms with Crippen molar-refractivity contribution in [2.24, 2.45) is 0 Å². The third kappa shape index (κ3) is 4.76. The van der Waals surface area contributed by atoms with Crippen LogP contribution in [0.3, 0.4) is 0 Å². The predicted molar refractivity (Wildman–Crippen MR) is 68.7 cm³/mol. The molecule has 106 valence electrons. The maximum atomic E-state index is 12.3. The Morgan fingerprint density at radius 1 is 1.37 bits per heavy atom. The van der Waals surface area contributed by atoms with Crippen molar-refractivity contribution in [1.29, 1.82) is 0 Å². The van der Waals surface area contributed by atoms with Gasteiger partial charge in [0.1, 0.15) is 12.4 Å². The minimum Gasteiger partial charge on any atom is -0.497 e. The number of ether oxygens (including phenoxy) is 2. The van der Waals surface area contributed by atoms with Gasteiger partial charge in [-0.15, -0.1) is 0 Å². The summed E-state index contributed by atoms with van der Waals surface area (Å²) in [6, 6.07) is 7.87. The largest absolute Gasteiger partial charge is 0.497 e. The lowest BCUT2D eigenvalue weighted by Crippen LogP contribution is -2.26. The molecule has 0 heterocycles. The van der Waals surface area contributed by atoms with Crippen LogP contribution >= 0.6 is 0 Å². The molecule has 3 nitrogen and oxygen atoms in total. The molecule has 0 bridgehead atoms. The van der Waals surface area contributed by atoms with Gasteiger partial charge < -0.3 is 14.8 Å². The van der Waals surface area contributed by atoms with Gasteiger partial charge in [0.2, 0.25) is 0 Å². The second kappa shape index (κ2) is 6.82. The van der Waals surface area contributed by atoms with Crippen LogP contribution in [0, 0.1) is 0 Å². The van der Waals surface area contributed by atoms with Crippen LogP contribution in [0.15, 0.2) is 24.3 Å². The summed E-state index contributed by atoms with van der Waals surface area (Å²) in [6.07, 6.45) is -0.516. The van der Waals surface area contributed by atoms with Gasteiger partial charge in [-0.25, -0.2) is 8.78 Å². The first-order chi connectivity index (χ1) is 9.19. The molecule has 1 N–H and O–H groups in total. The number of rotatable bonds is 8. The summed E-state index contributed by atoms with van der Waals surface area (Å²) in [5.74, 6) is 0.703. The van der Waals surface area contributed by atoms with Crippen molar-refractivity contribution in [3.05, 3.63) is 29.8 Å². The van der Waals surface area contributed by atoms with E-state index in [9.17, 15) is 8.78 Å². The van der Waals surface area contributed by atoms with Crippen LogP contribution in [0.1, 0.15) is 24.5 Å². The molecule has 1 fully saturated rings. The second-order valence-corrected chi connectivity index (χ2v) is 4.67. The van der Waals surface area contributed by atoms with Gasteiger partial charge in [-0.05, 0) is 30.5 Å². The molecular formula is C14H19F2NO2. The van der Waals surface area contributed by atoms with Crippen molar-refractivity contribution in [2.45, 2.75) is 31.4 Å². The lowest BCUT2D eigenvalue weighted by molar-refractivity contribution is -0.0247. The van der Waals surface area contributed by atoms with Crippen molar-refractivity contribution in [3.8, 4) is 5.75 Å². The average Bonchev–Trinajstić information content (AvgIpc) is 3.22. The van der Waals surface area contributed by atoms with E-state index in [0.717, 1.165) is 18.4 Å².